The second kappa shape index (κ2) is 17.3. The van der Waals surface area contributed by atoms with Crippen molar-refractivity contribution in [3.05, 3.63) is 247 Å². The van der Waals surface area contributed by atoms with E-state index in [1.165, 1.54) is 91.7 Å². The van der Waals surface area contributed by atoms with E-state index in [0.717, 1.165) is 29.2 Å². The third-order valence-corrected chi connectivity index (χ3v) is 14.2. The van der Waals surface area contributed by atoms with E-state index in [1.807, 2.05) is 0 Å². The lowest BCUT2D eigenvalue weighted by molar-refractivity contribution is 0.409. The van der Waals surface area contributed by atoms with E-state index < -0.39 is 0 Å². The normalized spacial score (nSPS) is 17.1. The first-order valence-corrected chi connectivity index (χ1v) is 23.4. The first-order chi connectivity index (χ1) is 32.0. The van der Waals surface area contributed by atoms with Crippen molar-refractivity contribution in [2.24, 2.45) is 5.92 Å². The van der Waals surface area contributed by atoms with Crippen molar-refractivity contribution < 1.29 is 0 Å². The van der Waals surface area contributed by atoms with E-state index in [2.05, 4.69) is 249 Å². The molecule has 8 aromatic carbocycles. The van der Waals surface area contributed by atoms with Gasteiger partial charge in [-0.1, -0.05) is 184 Å². The number of benzene rings is 8. The number of hydrogen-bond donors (Lipinski definition) is 1. The summed E-state index contributed by atoms with van der Waals surface area (Å²) >= 11 is 0. The molecule has 0 radical (unpaired) electrons. The Morgan fingerprint density at radius 1 is 0.492 bits per heavy atom. The van der Waals surface area contributed by atoms with Gasteiger partial charge < -0.3 is 10.2 Å². The average Bonchev–Trinajstić information content (AvgIpc) is 3.60. The molecule has 3 aliphatic carbocycles. The van der Waals surface area contributed by atoms with E-state index in [0.29, 0.717) is 11.8 Å². The molecule has 0 aliphatic heterocycles. The third-order valence-electron chi connectivity index (χ3n) is 14.2. The Morgan fingerprint density at radius 2 is 1.06 bits per heavy atom. The van der Waals surface area contributed by atoms with Crippen molar-refractivity contribution in [3.63, 3.8) is 0 Å². The van der Waals surface area contributed by atoms with Gasteiger partial charge in [-0.25, -0.2) is 0 Å². The van der Waals surface area contributed by atoms with Crippen LogP contribution < -0.4 is 10.2 Å². The highest BCUT2D eigenvalue weighted by atomic mass is 15.1. The zero-order valence-corrected chi connectivity index (χ0v) is 37.3. The molecule has 0 heterocycles. The van der Waals surface area contributed by atoms with Crippen LogP contribution in [0.2, 0.25) is 0 Å². The van der Waals surface area contributed by atoms with Crippen molar-refractivity contribution in [1.82, 2.24) is 0 Å². The number of nitrogens with one attached hydrogen (secondary N) is 1. The van der Waals surface area contributed by atoms with Crippen molar-refractivity contribution >= 4 is 28.3 Å². The molecule has 0 bridgehead atoms. The van der Waals surface area contributed by atoms with E-state index in [9.17, 15) is 0 Å². The lowest BCUT2D eigenvalue weighted by atomic mass is 9.74. The molecule has 0 amide bonds. The Kier molecular flexibility index (Phi) is 10.7. The number of anilines is 4. The molecule has 2 atom stereocenters. The van der Waals surface area contributed by atoms with Crippen LogP contribution in [0.3, 0.4) is 0 Å². The van der Waals surface area contributed by atoms with Gasteiger partial charge in [0.1, 0.15) is 0 Å². The van der Waals surface area contributed by atoms with Gasteiger partial charge in [0.15, 0.2) is 0 Å². The van der Waals surface area contributed by atoms with E-state index in [1.54, 1.807) is 0 Å². The second-order valence-electron chi connectivity index (χ2n) is 18.5. The van der Waals surface area contributed by atoms with Crippen LogP contribution in [-0.2, 0) is 5.41 Å². The minimum Gasteiger partial charge on any atom is -0.358 e. The highest BCUT2D eigenvalue weighted by Crippen LogP contribution is 2.55. The minimum atomic E-state index is -0.0970. The summed E-state index contributed by atoms with van der Waals surface area (Å²) in [6, 6.07) is 73.5. The van der Waals surface area contributed by atoms with Gasteiger partial charge in [0.25, 0.3) is 0 Å². The zero-order chi connectivity index (χ0) is 43.7. The maximum absolute atomic E-state index is 4.00. The fourth-order valence-electron chi connectivity index (χ4n) is 10.6. The molecule has 0 saturated carbocycles. The molecule has 1 N–H and O–H groups in total. The summed E-state index contributed by atoms with van der Waals surface area (Å²) in [5, 5.41) is 4.00. The molecular weight excluding hydrogens is 785 g/mol. The lowest BCUT2D eigenvalue weighted by Gasteiger charge is -2.32. The minimum absolute atomic E-state index is 0.0970. The van der Waals surface area contributed by atoms with Gasteiger partial charge in [0.05, 0.1) is 0 Å². The number of fused-ring (bicyclic) bond motifs is 3. The Balaban J connectivity index is 0.925. The van der Waals surface area contributed by atoms with Crippen LogP contribution in [0.4, 0.5) is 22.7 Å². The predicted octanol–water partition coefficient (Wildman–Crippen LogP) is 17.3. The summed E-state index contributed by atoms with van der Waals surface area (Å²) in [5.41, 5.74) is 21.1. The van der Waals surface area contributed by atoms with E-state index in [-0.39, 0.29) is 5.41 Å². The van der Waals surface area contributed by atoms with Crippen LogP contribution in [0.1, 0.15) is 62.1 Å². The summed E-state index contributed by atoms with van der Waals surface area (Å²) in [6.45, 7) is 4.89. The van der Waals surface area contributed by atoms with E-state index in [4.69, 9.17) is 0 Å². The maximum atomic E-state index is 4.00. The molecule has 2 nitrogen and oxygen atoms in total. The second-order valence-corrected chi connectivity index (χ2v) is 18.5. The third kappa shape index (κ3) is 7.95. The van der Waals surface area contributed by atoms with Gasteiger partial charge in [-0.15, -0.1) is 0 Å². The van der Waals surface area contributed by atoms with Crippen molar-refractivity contribution in [2.45, 2.75) is 50.9 Å². The largest absolute Gasteiger partial charge is 0.358 e. The highest BCUT2D eigenvalue weighted by Gasteiger charge is 2.44. The topological polar surface area (TPSA) is 15.3 Å². The molecule has 316 valence electrons. The molecule has 11 rings (SSSR count). The molecular formula is C63H54N2. The molecule has 2 heteroatoms. The molecule has 3 aliphatic rings. The number of hydrogen-bond acceptors (Lipinski definition) is 2. The van der Waals surface area contributed by atoms with Gasteiger partial charge in [-0.2, -0.15) is 0 Å². The standard InChI is InChI=1S/C63H54N2/c1-63(2)60-42-53(64-62-39-30-51(47-22-13-6-14-23-47)41-59(62)52-25-15-24-50(40-52)46-20-11-5-12-21-46)31-37-57(60)58-38-36-56(43-61(58)63)65(54-32-26-48(27-33-54)44-16-7-3-8-17-44)55-34-28-49(29-35-55)45-18-9-4-10-19-45/h3-4,6-11,13-20,22-41,43,46,60,64H,5,12,21,42H2,1-2H3. The molecule has 65 heavy (non-hydrogen) atoms. The zero-order valence-electron chi connectivity index (χ0n) is 37.3. The lowest BCUT2D eigenvalue weighted by Crippen LogP contribution is -2.26. The van der Waals surface area contributed by atoms with Crippen LogP contribution in [0.25, 0.3) is 50.1 Å². The monoisotopic (exact) mass is 838 g/mol. The Morgan fingerprint density at radius 3 is 1.68 bits per heavy atom. The molecule has 2 unspecified atom stereocenters. The van der Waals surface area contributed by atoms with Crippen LogP contribution in [0.5, 0.6) is 0 Å². The maximum Gasteiger partial charge on any atom is 0.0464 e. The SMILES string of the molecule is CC1(C)c2cc(N(c3ccc(-c4ccccc4)cc3)c3ccc(-c4ccccc4)cc3)ccc2C2=CC=C(Nc3ccc(-c4ccccc4)cc3-c3cccc(C4C=CCCC4)c3)CC21. The van der Waals surface area contributed by atoms with Crippen LogP contribution >= 0.6 is 0 Å². The Bertz CT molecular complexity index is 2980. The number of allylic oxidation sites excluding steroid dienone is 6. The number of nitrogens with zero attached hydrogens (tertiary/aromatic N) is 1. The fourth-order valence-corrected chi connectivity index (χ4v) is 10.6. The molecule has 8 aromatic rings. The smallest absolute Gasteiger partial charge is 0.0464 e. The van der Waals surface area contributed by atoms with Crippen LogP contribution in [0.15, 0.2) is 230 Å². The van der Waals surface area contributed by atoms with Crippen molar-refractivity contribution in [3.8, 4) is 44.5 Å². The summed E-state index contributed by atoms with van der Waals surface area (Å²) < 4.78 is 0. The Hall–Kier alpha value is -7.42. The summed E-state index contributed by atoms with van der Waals surface area (Å²) in [6.07, 6.45) is 14.1. The molecule has 0 spiro atoms. The van der Waals surface area contributed by atoms with Gasteiger partial charge >= 0.3 is 0 Å². The van der Waals surface area contributed by atoms with Gasteiger partial charge in [0.2, 0.25) is 0 Å². The van der Waals surface area contributed by atoms with Crippen molar-refractivity contribution in [1.29, 1.82) is 0 Å². The predicted molar refractivity (Wildman–Crippen MR) is 276 cm³/mol. The first-order valence-electron chi connectivity index (χ1n) is 23.4. The Labute approximate surface area is 385 Å². The van der Waals surface area contributed by atoms with Gasteiger partial charge in [-0.05, 0) is 153 Å². The van der Waals surface area contributed by atoms with Crippen LogP contribution in [0, 0.1) is 5.92 Å². The van der Waals surface area contributed by atoms with Crippen LogP contribution in [-0.4, -0.2) is 0 Å². The molecule has 0 fully saturated rings. The summed E-state index contributed by atoms with van der Waals surface area (Å²) in [7, 11) is 0. The summed E-state index contributed by atoms with van der Waals surface area (Å²) in [5.74, 6) is 0.804. The first kappa shape index (κ1) is 40.4. The summed E-state index contributed by atoms with van der Waals surface area (Å²) in [4.78, 5) is 2.42. The van der Waals surface area contributed by atoms with E-state index >= 15 is 0 Å². The highest BCUT2D eigenvalue weighted by molar-refractivity contribution is 5.87. The quantitative estimate of drug-likeness (QED) is 0.138. The van der Waals surface area contributed by atoms with Gasteiger partial charge in [-0.3, -0.25) is 0 Å². The van der Waals surface area contributed by atoms with Crippen molar-refractivity contribution in [2.75, 3.05) is 10.2 Å². The molecule has 0 aromatic heterocycles. The molecule has 0 saturated heterocycles. The number of rotatable bonds is 10. The fraction of sp³-hybridized carbons (Fsp3) is 0.143. The average molecular weight is 839 g/mol. The van der Waals surface area contributed by atoms with Gasteiger partial charge in [0, 0.05) is 39.9 Å².